The largest absolute Gasteiger partial charge is 0.368 e. The number of fused-ring (bicyclic) bond motifs is 1. The van der Waals surface area contributed by atoms with E-state index in [1.807, 2.05) is 41.0 Å². The SMILES string of the molecule is N=CC(=O)Nc1cccc(-n2c(-c3ccccc3)nc3cnc(N)nc32)c1. The van der Waals surface area contributed by atoms with Crippen molar-refractivity contribution in [1.82, 2.24) is 19.5 Å². The third-order valence-corrected chi connectivity index (χ3v) is 3.95. The number of hydrogen-bond donors (Lipinski definition) is 3. The lowest BCUT2D eigenvalue weighted by Gasteiger charge is -2.11. The lowest BCUT2D eigenvalue weighted by atomic mass is 10.2. The van der Waals surface area contributed by atoms with Gasteiger partial charge in [-0.2, -0.15) is 4.98 Å². The van der Waals surface area contributed by atoms with Crippen LogP contribution in [0.1, 0.15) is 0 Å². The highest BCUT2D eigenvalue weighted by Crippen LogP contribution is 2.28. The summed E-state index contributed by atoms with van der Waals surface area (Å²) in [6.07, 6.45) is 2.31. The van der Waals surface area contributed by atoms with Gasteiger partial charge >= 0.3 is 0 Å². The molecule has 0 aliphatic rings. The van der Waals surface area contributed by atoms with Crippen LogP contribution >= 0.6 is 0 Å². The summed E-state index contributed by atoms with van der Waals surface area (Å²) in [6.45, 7) is 0. The summed E-state index contributed by atoms with van der Waals surface area (Å²) in [5.41, 5.74) is 9.17. The molecule has 4 N–H and O–H groups in total. The molecule has 1 amide bonds. The number of hydrogen-bond acceptors (Lipinski definition) is 6. The van der Waals surface area contributed by atoms with Crippen molar-refractivity contribution in [2.45, 2.75) is 0 Å². The smallest absolute Gasteiger partial charge is 0.266 e. The molecule has 8 nitrogen and oxygen atoms in total. The quantitative estimate of drug-likeness (QED) is 0.485. The summed E-state index contributed by atoms with van der Waals surface area (Å²) in [7, 11) is 0. The van der Waals surface area contributed by atoms with Gasteiger partial charge in [-0.3, -0.25) is 9.36 Å². The van der Waals surface area contributed by atoms with Gasteiger partial charge in [0.1, 0.15) is 11.3 Å². The molecular formula is C19H15N7O. The number of benzene rings is 2. The molecule has 0 saturated carbocycles. The van der Waals surface area contributed by atoms with Gasteiger partial charge in [-0.05, 0) is 18.2 Å². The monoisotopic (exact) mass is 357 g/mol. The number of imidazole rings is 1. The molecule has 0 radical (unpaired) electrons. The number of nitrogen functional groups attached to an aromatic ring is 1. The van der Waals surface area contributed by atoms with Gasteiger partial charge in [0.15, 0.2) is 5.65 Å². The van der Waals surface area contributed by atoms with Crippen molar-refractivity contribution in [3.63, 3.8) is 0 Å². The predicted octanol–water partition coefficient (Wildman–Crippen LogP) is 2.65. The minimum atomic E-state index is -0.502. The van der Waals surface area contributed by atoms with Crippen LogP contribution in [0.25, 0.3) is 28.2 Å². The van der Waals surface area contributed by atoms with Gasteiger partial charge in [-0.1, -0.05) is 36.4 Å². The Bertz CT molecular complexity index is 1150. The summed E-state index contributed by atoms with van der Waals surface area (Å²) < 4.78 is 1.86. The van der Waals surface area contributed by atoms with Crippen LogP contribution in [-0.2, 0) is 4.79 Å². The van der Waals surface area contributed by atoms with E-state index in [-0.39, 0.29) is 5.95 Å². The number of carbonyl (C=O) groups is 1. The zero-order chi connectivity index (χ0) is 18.8. The third-order valence-electron chi connectivity index (χ3n) is 3.95. The molecule has 27 heavy (non-hydrogen) atoms. The topological polar surface area (TPSA) is 123 Å². The average molecular weight is 357 g/mol. The fourth-order valence-corrected chi connectivity index (χ4v) is 2.81. The first-order chi connectivity index (χ1) is 13.2. The Hall–Kier alpha value is -4.07. The maximum atomic E-state index is 11.5. The van der Waals surface area contributed by atoms with Gasteiger partial charge in [0.2, 0.25) is 5.95 Å². The van der Waals surface area contributed by atoms with Crippen LogP contribution in [0.4, 0.5) is 11.6 Å². The molecule has 0 spiro atoms. The fourth-order valence-electron chi connectivity index (χ4n) is 2.81. The van der Waals surface area contributed by atoms with Crippen LogP contribution < -0.4 is 11.1 Å². The summed E-state index contributed by atoms with van der Waals surface area (Å²) in [4.78, 5) is 24.6. The van der Waals surface area contributed by atoms with E-state index in [0.717, 1.165) is 17.5 Å². The number of anilines is 2. The first-order valence-electron chi connectivity index (χ1n) is 8.14. The second-order valence-corrected chi connectivity index (χ2v) is 5.76. The molecule has 0 atom stereocenters. The van der Waals surface area contributed by atoms with E-state index < -0.39 is 5.91 Å². The summed E-state index contributed by atoms with van der Waals surface area (Å²) in [5.74, 6) is 0.329. The highest BCUT2D eigenvalue weighted by atomic mass is 16.1. The Morgan fingerprint density at radius 3 is 2.70 bits per heavy atom. The maximum absolute atomic E-state index is 11.5. The number of amides is 1. The second kappa shape index (κ2) is 6.68. The molecule has 132 valence electrons. The van der Waals surface area contributed by atoms with E-state index in [1.165, 1.54) is 0 Å². The van der Waals surface area contributed by atoms with Gasteiger partial charge in [0.05, 0.1) is 18.1 Å². The minimum absolute atomic E-state index is 0.150. The Labute approximate surface area is 154 Å². The fraction of sp³-hybridized carbons (Fsp3) is 0. The highest BCUT2D eigenvalue weighted by Gasteiger charge is 2.16. The Morgan fingerprint density at radius 1 is 1.11 bits per heavy atom. The second-order valence-electron chi connectivity index (χ2n) is 5.76. The Balaban J connectivity index is 1.95. The van der Waals surface area contributed by atoms with Crippen LogP contribution in [0.5, 0.6) is 0 Å². The van der Waals surface area contributed by atoms with Gasteiger partial charge in [-0.15, -0.1) is 0 Å². The molecule has 0 unspecified atom stereocenters. The first kappa shape index (κ1) is 16.4. The Kier molecular flexibility index (Phi) is 4.06. The zero-order valence-corrected chi connectivity index (χ0v) is 14.1. The average Bonchev–Trinajstić information content (AvgIpc) is 3.07. The minimum Gasteiger partial charge on any atom is -0.368 e. The molecule has 2 aromatic carbocycles. The molecule has 4 rings (SSSR count). The van der Waals surface area contributed by atoms with Gasteiger partial charge in [-0.25, -0.2) is 9.97 Å². The van der Waals surface area contributed by atoms with Gasteiger partial charge < -0.3 is 16.5 Å². The predicted molar refractivity (Wildman–Crippen MR) is 104 cm³/mol. The molecule has 0 fully saturated rings. The molecular weight excluding hydrogens is 342 g/mol. The Morgan fingerprint density at radius 2 is 1.93 bits per heavy atom. The van der Waals surface area contributed by atoms with Crippen molar-refractivity contribution < 1.29 is 4.79 Å². The van der Waals surface area contributed by atoms with Crippen molar-refractivity contribution in [3.8, 4) is 17.1 Å². The van der Waals surface area contributed by atoms with Crippen LogP contribution in [0, 0.1) is 5.41 Å². The van der Waals surface area contributed by atoms with E-state index in [4.69, 9.17) is 11.1 Å². The van der Waals surface area contributed by atoms with Gasteiger partial charge in [0.25, 0.3) is 5.91 Å². The lowest BCUT2D eigenvalue weighted by Crippen LogP contribution is -2.12. The number of carbonyl (C=O) groups excluding carboxylic acids is 1. The zero-order valence-electron chi connectivity index (χ0n) is 14.1. The summed E-state index contributed by atoms with van der Waals surface area (Å²) >= 11 is 0. The molecule has 0 aliphatic heterocycles. The number of rotatable bonds is 4. The number of aromatic nitrogens is 4. The van der Waals surface area contributed by atoms with Crippen molar-refractivity contribution in [1.29, 1.82) is 5.41 Å². The molecule has 0 bridgehead atoms. The van der Waals surface area contributed by atoms with Gasteiger partial charge in [0, 0.05) is 11.3 Å². The third kappa shape index (κ3) is 3.11. The van der Waals surface area contributed by atoms with E-state index in [9.17, 15) is 4.79 Å². The van der Waals surface area contributed by atoms with Crippen LogP contribution in [-0.4, -0.2) is 31.6 Å². The van der Waals surface area contributed by atoms with E-state index in [1.54, 1.807) is 24.4 Å². The highest BCUT2D eigenvalue weighted by molar-refractivity contribution is 6.30. The summed E-state index contributed by atoms with van der Waals surface area (Å²) in [5, 5.41) is 9.69. The molecule has 0 aliphatic carbocycles. The maximum Gasteiger partial charge on any atom is 0.266 e. The van der Waals surface area contributed by atoms with Crippen LogP contribution in [0.3, 0.4) is 0 Å². The van der Waals surface area contributed by atoms with Crippen molar-refractivity contribution in [3.05, 3.63) is 60.8 Å². The van der Waals surface area contributed by atoms with E-state index in [2.05, 4.69) is 20.3 Å². The molecule has 2 aromatic heterocycles. The number of nitrogens with one attached hydrogen (secondary N) is 2. The first-order valence-corrected chi connectivity index (χ1v) is 8.14. The molecule has 8 heteroatoms. The summed E-state index contributed by atoms with van der Waals surface area (Å²) in [6, 6.07) is 16.9. The molecule has 2 heterocycles. The van der Waals surface area contributed by atoms with E-state index >= 15 is 0 Å². The van der Waals surface area contributed by atoms with Crippen molar-refractivity contribution in [2.75, 3.05) is 11.1 Å². The molecule has 4 aromatic rings. The van der Waals surface area contributed by atoms with Crippen molar-refractivity contribution >= 4 is 34.9 Å². The standard InChI is InChI=1S/C19H15N7O/c20-10-16(27)23-13-7-4-8-14(9-13)26-17(12-5-2-1-3-6-12)24-15-11-22-19(21)25-18(15)26/h1-11,20H,(H,23,27)(H2,21,22,25). The van der Waals surface area contributed by atoms with Crippen LogP contribution in [0.15, 0.2) is 60.8 Å². The number of nitrogens with two attached hydrogens (primary N) is 1. The lowest BCUT2D eigenvalue weighted by molar-refractivity contribution is -0.110. The van der Waals surface area contributed by atoms with Crippen molar-refractivity contribution in [2.24, 2.45) is 0 Å². The molecule has 0 saturated heterocycles. The number of nitrogens with zero attached hydrogens (tertiary/aromatic N) is 4. The normalized spacial score (nSPS) is 10.7. The van der Waals surface area contributed by atoms with Crippen LogP contribution in [0.2, 0.25) is 0 Å². The van der Waals surface area contributed by atoms with E-state index in [0.29, 0.717) is 22.7 Å².